The number of hydrogen-bond donors (Lipinski definition) is 0. The summed E-state index contributed by atoms with van der Waals surface area (Å²) in [5, 5.41) is 2.79. The van der Waals surface area contributed by atoms with Gasteiger partial charge < -0.3 is 4.98 Å². The number of rotatable bonds is 0. The summed E-state index contributed by atoms with van der Waals surface area (Å²) in [5.74, 6) is -0.562. The minimum Gasteiger partial charge on any atom is -0.304 e. The molecule has 0 fully saturated rings. The minimum absolute atomic E-state index is 0. The van der Waals surface area contributed by atoms with E-state index in [1.807, 2.05) is 32.0 Å². The van der Waals surface area contributed by atoms with Crippen LogP contribution in [0.15, 0.2) is 48.7 Å². The quantitative estimate of drug-likeness (QED) is 0.211. The van der Waals surface area contributed by atoms with Gasteiger partial charge in [0.2, 0.25) is 0 Å². The summed E-state index contributed by atoms with van der Waals surface area (Å²) in [6.07, 6.45) is 1.61. The molecule has 0 amide bonds. The zero-order valence-corrected chi connectivity index (χ0v) is 16.6. The summed E-state index contributed by atoms with van der Waals surface area (Å²) in [7, 11) is 0. The number of benzene rings is 3. The number of fused-ring (bicyclic) bond motifs is 4. The standard InChI is InChI=1S/C22H14F2N.Ir/c1-22(2)17-11-12(23)7-8-15(17)21-18-16(9-10-25-21)20(24)14-6-4-3-5-13(14)19(18)22;/h3-7,9-11H,1-2H3;/q-1;. The second-order valence-corrected chi connectivity index (χ2v) is 7.05. The fourth-order valence-corrected chi connectivity index (χ4v) is 4.20. The Kier molecular flexibility index (Phi) is 3.76. The molecule has 0 saturated carbocycles. The van der Waals surface area contributed by atoms with E-state index in [1.54, 1.807) is 24.4 Å². The molecule has 1 aliphatic carbocycles. The molecule has 3 aromatic carbocycles. The molecule has 0 saturated heterocycles. The number of hydrogen-bond acceptors (Lipinski definition) is 1. The predicted octanol–water partition coefficient (Wildman–Crippen LogP) is 5.77. The molecule has 1 heterocycles. The third-order valence-corrected chi connectivity index (χ3v) is 5.31. The second kappa shape index (κ2) is 5.67. The van der Waals surface area contributed by atoms with Gasteiger partial charge in [0, 0.05) is 42.9 Å². The van der Waals surface area contributed by atoms with Crippen LogP contribution in [0.3, 0.4) is 0 Å². The molecular formula is C22H14F2IrN-. The summed E-state index contributed by atoms with van der Waals surface area (Å²) in [4.78, 5) is 4.50. The van der Waals surface area contributed by atoms with Gasteiger partial charge in [-0.05, 0) is 33.5 Å². The van der Waals surface area contributed by atoms with Crippen molar-refractivity contribution in [3.8, 4) is 11.3 Å². The molecule has 131 valence electrons. The molecule has 0 atom stereocenters. The summed E-state index contributed by atoms with van der Waals surface area (Å²) < 4.78 is 29.2. The Morgan fingerprint density at radius 3 is 2.50 bits per heavy atom. The van der Waals surface area contributed by atoms with Crippen LogP contribution in [0.2, 0.25) is 0 Å². The molecular weight excluding hydrogens is 508 g/mol. The normalized spacial score (nSPS) is 14.2. The van der Waals surface area contributed by atoms with E-state index >= 15 is 4.39 Å². The molecule has 5 rings (SSSR count). The topological polar surface area (TPSA) is 12.9 Å². The maximum Gasteiger partial charge on any atom is 0.138 e. The van der Waals surface area contributed by atoms with E-state index in [1.165, 1.54) is 6.07 Å². The van der Waals surface area contributed by atoms with Gasteiger partial charge in [-0.3, -0.25) is 4.39 Å². The zero-order valence-electron chi connectivity index (χ0n) is 14.2. The molecule has 1 radical (unpaired) electrons. The van der Waals surface area contributed by atoms with Crippen molar-refractivity contribution in [2.45, 2.75) is 19.3 Å². The van der Waals surface area contributed by atoms with Crippen LogP contribution in [0.1, 0.15) is 25.0 Å². The van der Waals surface area contributed by atoms with Crippen molar-refractivity contribution >= 4 is 21.5 Å². The van der Waals surface area contributed by atoms with Gasteiger partial charge in [-0.2, -0.15) is 0 Å². The molecule has 0 unspecified atom stereocenters. The van der Waals surface area contributed by atoms with E-state index in [9.17, 15) is 4.39 Å². The smallest absolute Gasteiger partial charge is 0.138 e. The summed E-state index contributed by atoms with van der Waals surface area (Å²) >= 11 is 0. The van der Waals surface area contributed by atoms with Gasteiger partial charge in [0.15, 0.2) is 0 Å². The first kappa shape index (κ1) is 17.3. The number of nitrogens with zero attached hydrogens (tertiary/aromatic N) is 1. The van der Waals surface area contributed by atoms with Crippen LogP contribution < -0.4 is 0 Å². The van der Waals surface area contributed by atoms with Crippen molar-refractivity contribution in [1.82, 2.24) is 4.98 Å². The fraction of sp³-hybridized carbons (Fsp3) is 0.136. The van der Waals surface area contributed by atoms with Crippen molar-refractivity contribution in [1.29, 1.82) is 0 Å². The maximum absolute atomic E-state index is 15.2. The van der Waals surface area contributed by atoms with Crippen molar-refractivity contribution < 1.29 is 28.9 Å². The van der Waals surface area contributed by atoms with Crippen molar-refractivity contribution in [2.24, 2.45) is 0 Å². The van der Waals surface area contributed by atoms with Crippen molar-refractivity contribution in [3.05, 3.63) is 77.5 Å². The molecule has 0 spiro atoms. The van der Waals surface area contributed by atoms with Gasteiger partial charge in [-0.1, -0.05) is 38.1 Å². The Hall–Kier alpha value is -2.16. The van der Waals surface area contributed by atoms with Crippen LogP contribution in [0.4, 0.5) is 8.78 Å². The van der Waals surface area contributed by atoms with Crippen LogP contribution in [-0.2, 0) is 25.5 Å². The van der Waals surface area contributed by atoms with E-state index in [0.29, 0.717) is 16.5 Å². The fourth-order valence-electron chi connectivity index (χ4n) is 4.20. The minimum atomic E-state index is -0.491. The van der Waals surface area contributed by atoms with Gasteiger partial charge in [0.1, 0.15) is 5.82 Å². The Morgan fingerprint density at radius 2 is 1.73 bits per heavy atom. The average Bonchev–Trinajstić information content (AvgIpc) is 2.61. The van der Waals surface area contributed by atoms with Gasteiger partial charge in [-0.15, -0.1) is 29.3 Å². The van der Waals surface area contributed by atoms with E-state index in [4.69, 9.17) is 0 Å². The van der Waals surface area contributed by atoms with Gasteiger partial charge in [-0.25, -0.2) is 4.39 Å². The molecule has 1 aromatic heterocycles. The third kappa shape index (κ3) is 2.06. The van der Waals surface area contributed by atoms with Crippen molar-refractivity contribution in [3.63, 3.8) is 0 Å². The first-order chi connectivity index (χ1) is 12.0. The Bertz CT molecular complexity index is 1200. The SMILES string of the molecule is CC1(C)c2cc(F)c[c-]c2-c2nccc3c(F)c4ccccc4c1c23.[Ir]. The van der Waals surface area contributed by atoms with E-state index in [2.05, 4.69) is 11.1 Å². The van der Waals surface area contributed by atoms with Gasteiger partial charge in [0.25, 0.3) is 0 Å². The molecule has 26 heavy (non-hydrogen) atoms. The summed E-state index contributed by atoms with van der Waals surface area (Å²) in [6, 6.07) is 15.1. The van der Waals surface area contributed by atoms with Gasteiger partial charge >= 0.3 is 0 Å². The number of pyridine rings is 1. The Labute approximate surface area is 163 Å². The largest absolute Gasteiger partial charge is 0.304 e. The Balaban J connectivity index is 0.00000168. The van der Waals surface area contributed by atoms with Crippen LogP contribution >= 0.6 is 0 Å². The summed E-state index contributed by atoms with van der Waals surface area (Å²) in [6.45, 7) is 4.10. The van der Waals surface area contributed by atoms with Crippen LogP contribution in [-0.4, -0.2) is 4.98 Å². The predicted molar refractivity (Wildman–Crippen MR) is 95.6 cm³/mol. The molecule has 1 aliphatic rings. The first-order valence-electron chi connectivity index (χ1n) is 8.21. The van der Waals surface area contributed by atoms with E-state index < -0.39 is 5.41 Å². The van der Waals surface area contributed by atoms with Crippen molar-refractivity contribution in [2.75, 3.05) is 0 Å². The number of halogens is 2. The molecule has 0 aliphatic heterocycles. The Morgan fingerprint density at radius 1 is 1.00 bits per heavy atom. The first-order valence-corrected chi connectivity index (χ1v) is 8.21. The molecule has 4 heteroatoms. The summed E-state index contributed by atoms with van der Waals surface area (Å²) in [5.41, 5.74) is 2.76. The second-order valence-electron chi connectivity index (χ2n) is 7.05. The average molecular weight is 523 g/mol. The van der Waals surface area contributed by atoms with Crippen LogP contribution in [0, 0.1) is 17.7 Å². The van der Waals surface area contributed by atoms with E-state index in [-0.39, 0.29) is 31.7 Å². The number of aromatic nitrogens is 1. The zero-order chi connectivity index (χ0) is 17.3. The van der Waals surface area contributed by atoms with Gasteiger partial charge in [0.05, 0.1) is 0 Å². The molecule has 0 bridgehead atoms. The van der Waals surface area contributed by atoms with E-state index in [0.717, 1.165) is 27.5 Å². The third-order valence-electron chi connectivity index (χ3n) is 5.31. The monoisotopic (exact) mass is 523 g/mol. The molecule has 1 nitrogen and oxygen atoms in total. The molecule has 4 aromatic rings. The maximum atomic E-state index is 15.2. The molecule has 0 N–H and O–H groups in total. The van der Waals surface area contributed by atoms with Crippen LogP contribution in [0.5, 0.6) is 0 Å². The van der Waals surface area contributed by atoms with Crippen LogP contribution in [0.25, 0.3) is 32.8 Å².